The molecule has 1 aliphatic rings. The van der Waals surface area contributed by atoms with E-state index in [4.69, 9.17) is 4.74 Å². The predicted octanol–water partition coefficient (Wildman–Crippen LogP) is 4.07. The van der Waals surface area contributed by atoms with Crippen LogP contribution in [0.1, 0.15) is 43.9 Å². The quantitative estimate of drug-likeness (QED) is 0.734. The van der Waals surface area contributed by atoms with E-state index in [1.54, 1.807) is 24.3 Å². The van der Waals surface area contributed by atoms with Crippen LogP contribution >= 0.6 is 0 Å². The van der Waals surface area contributed by atoms with Crippen molar-refractivity contribution in [1.82, 2.24) is 10.6 Å². The summed E-state index contributed by atoms with van der Waals surface area (Å²) in [4.78, 5) is 12.7. The van der Waals surface area contributed by atoms with Crippen molar-refractivity contribution >= 4 is 5.91 Å². The molecule has 1 saturated heterocycles. The second-order valence-corrected chi connectivity index (χ2v) is 7.90. The summed E-state index contributed by atoms with van der Waals surface area (Å²) in [5, 5.41) is 6.46. The summed E-state index contributed by atoms with van der Waals surface area (Å²) >= 11 is 0. The van der Waals surface area contributed by atoms with E-state index < -0.39 is 5.54 Å². The maximum atomic E-state index is 13.4. The highest BCUT2D eigenvalue weighted by Crippen LogP contribution is 2.32. The van der Waals surface area contributed by atoms with Gasteiger partial charge in [-0.3, -0.25) is 10.1 Å². The fourth-order valence-corrected chi connectivity index (χ4v) is 3.84. The Morgan fingerprint density at radius 3 is 2.10 bits per heavy atom. The Morgan fingerprint density at radius 1 is 1.00 bits per heavy atom. The molecule has 0 aromatic heterocycles. The van der Waals surface area contributed by atoms with E-state index in [2.05, 4.69) is 10.6 Å². The molecule has 0 spiro atoms. The zero-order valence-corrected chi connectivity index (χ0v) is 16.9. The maximum Gasteiger partial charge on any atom is 0.234 e. The number of carbonyl (C=O) groups is 1. The van der Waals surface area contributed by atoms with Crippen LogP contribution in [-0.2, 0) is 15.1 Å². The minimum atomic E-state index is -0.424. The molecule has 0 bridgehead atoms. The summed E-state index contributed by atoms with van der Waals surface area (Å²) in [5.74, 6) is -0.572. The van der Waals surface area contributed by atoms with E-state index in [-0.39, 0.29) is 36.0 Å². The van der Waals surface area contributed by atoms with Crippen molar-refractivity contribution in [1.29, 1.82) is 0 Å². The van der Waals surface area contributed by atoms with Gasteiger partial charge in [-0.15, -0.1) is 0 Å². The molecule has 1 aliphatic heterocycles. The number of nitrogens with one attached hydrogen (secondary N) is 2. The molecule has 2 aromatic rings. The Balaban J connectivity index is 1.69. The molecule has 2 aromatic carbocycles. The Kier molecular flexibility index (Phi) is 6.98. The average Bonchev–Trinajstić information content (AvgIpc) is 2.72. The lowest BCUT2D eigenvalue weighted by Crippen LogP contribution is -2.50. The van der Waals surface area contributed by atoms with Gasteiger partial charge in [0.15, 0.2) is 0 Å². The molecule has 0 aliphatic carbocycles. The first-order valence-corrected chi connectivity index (χ1v) is 10.0. The average molecular weight is 402 g/mol. The number of amides is 1. The highest BCUT2D eigenvalue weighted by atomic mass is 19.1. The molecule has 1 unspecified atom stereocenters. The van der Waals surface area contributed by atoms with Crippen molar-refractivity contribution in [3.05, 3.63) is 71.3 Å². The number of halogens is 2. The van der Waals surface area contributed by atoms with Crippen molar-refractivity contribution < 1.29 is 18.3 Å². The first-order valence-electron chi connectivity index (χ1n) is 10.0. The number of ether oxygens (including phenoxy) is 1. The third-order valence-corrected chi connectivity index (χ3v) is 5.54. The van der Waals surface area contributed by atoms with E-state index in [1.165, 1.54) is 24.3 Å². The maximum absolute atomic E-state index is 13.4. The fourth-order valence-electron chi connectivity index (χ4n) is 3.84. The van der Waals surface area contributed by atoms with Crippen LogP contribution in [0.4, 0.5) is 8.78 Å². The predicted molar refractivity (Wildman–Crippen MR) is 108 cm³/mol. The third kappa shape index (κ3) is 5.40. The van der Waals surface area contributed by atoms with Gasteiger partial charge in [-0.1, -0.05) is 38.1 Å². The molecule has 156 valence electrons. The fraction of sp³-hybridized carbons (Fsp3) is 0.435. The molecule has 3 rings (SSSR count). The third-order valence-electron chi connectivity index (χ3n) is 5.54. The lowest BCUT2D eigenvalue weighted by molar-refractivity contribution is -0.122. The zero-order valence-electron chi connectivity index (χ0n) is 16.9. The summed E-state index contributed by atoms with van der Waals surface area (Å²) in [7, 11) is 0. The number of hydrogen-bond acceptors (Lipinski definition) is 3. The summed E-state index contributed by atoms with van der Waals surface area (Å²) in [6.07, 6.45) is 1.41. The summed E-state index contributed by atoms with van der Waals surface area (Å²) in [6.45, 7) is 5.31. The van der Waals surface area contributed by atoms with Crippen molar-refractivity contribution in [2.24, 2.45) is 5.92 Å². The second kappa shape index (κ2) is 9.46. The Hall–Kier alpha value is -2.31. The molecular formula is C23H28F2N2O2. The van der Waals surface area contributed by atoms with Crippen LogP contribution in [0.25, 0.3) is 0 Å². The van der Waals surface area contributed by atoms with Gasteiger partial charge in [0.2, 0.25) is 5.91 Å². The second-order valence-electron chi connectivity index (χ2n) is 7.90. The van der Waals surface area contributed by atoms with Crippen LogP contribution in [0.2, 0.25) is 0 Å². The Bertz CT molecular complexity index is 801. The van der Waals surface area contributed by atoms with Gasteiger partial charge >= 0.3 is 0 Å². The van der Waals surface area contributed by atoms with Crippen LogP contribution in [0, 0.1) is 17.6 Å². The van der Waals surface area contributed by atoms with Crippen LogP contribution in [-0.4, -0.2) is 25.7 Å². The largest absolute Gasteiger partial charge is 0.381 e. The smallest absolute Gasteiger partial charge is 0.234 e. The molecular weight excluding hydrogens is 374 g/mol. The molecule has 2 N–H and O–H groups in total. The highest BCUT2D eigenvalue weighted by Gasteiger charge is 2.34. The van der Waals surface area contributed by atoms with Gasteiger partial charge in [0.25, 0.3) is 0 Å². The summed E-state index contributed by atoms with van der Waals surface area (Å²) < 4.78 is 32.1. The Labute approximate surface area is 170 Å². The van der Waals surface area contributed by atoms with Gasteiger partial charge in [-0.25, -0.2) is 8.78 Å². The molecule has 1 amide bonds. The van der Waals surface area contributed by atoms with E-state index in [0.717, 1.165) is 11.1 Å². The van der Waals surface area contributed by atoms with Gasteiger partial charge in [-0.2, -0.15) is 0 Å². The van der Waals surface area contributed by atoms with Crippen LogP contribution < -0.4 is 10.6 Å². The van der Waals surface area contributed by atoms with E-state index in [9.17, 15) is 13.6 Å². The minimum absolute atomic E-state index is 0.127. The van der Waals surface area contributed by atoms with Crippen LogP contribution in [0.3, 0.4) is 0 Å². The molecule has 6 heteroatoms. The molecule has 1 atom stereocenters. The van der Waals surface area contributed by atoms with E-state index in [0.29, 0.717) is 26.1 Å². The zero-order chi connectivity index (χ0) is 20.9. The highest BCUT2D eigenvalue weighted by molar-refractivity contribution is 5.78. The van der Waals surface area contributed by atoms with Crippen LogP contribution in [0.5, 0.6) is 0 Å². The molecule has 0 saturated carbocycles. The van der Waals surface area contributed by atoms with Gasteiger partial charge < -0.3 is 10.1 Å². The lowest BCUT2D eigenvalue weighted by atomic mass is 9.82. The number of benzene rings is 2. The molecule has 0 radical (unpaired) electrons. The van der Waals surface area contributed by atoms with E-state index >= 15 is 0 Å². The van der Waals surface area contributed by atoms with Crippen molar-refractivity contribution in [2.45, 2.75) is 38.3 Å². The van der Waals surface area contributed by atoms with Gasteiger partial charge in [0.1, 0.15) is 11.6 Å². The first-order chi connectivity index (χ1) is 13.9. The molecule has 4 nitrogen and oxygen atoms in total. The van der Waals surface area contributed by atoms with Crippen molar-refractivity contribution in [2.75, 3.05) is 19.8 Å². The van der Waals surface area contributed by atoms with E-state index in [1.807, 2.05) is 13.8 Å². The van der Waals surface area contributed by atoms with Crippen molar-refractivity contribution in [3.8, 4) is 0 Å². The SMILES string of the molecule is CC(C)C(NC(=O)CNC1(c2ccc(F)cc2)CCOCC1)c1ccc(F)cc1. The van der Waals surface area contributed by atoms with Gasteiger partial charge in [-0.05, 0) is 54.2 Å². The monoisotopic (exact) mass is 402 g/mol. The topological polar surface area (TPSA) is 50.4 Å². The van der Waals surface area contributed by atoms with Crippen molar-refractivity contribution in [3.63, 3.8) is 0 Å². The lowest BCUT2D eigenvalue weighted by Gasteiger charge is -2.39. The molecule has 1 heterocycles. The number of rotatable bonds is 7. The number of hydrogen-bond donors (Lipinski definition) is 2. The minimum Gasteiger partial charge on any atom is -0.381 e. The summed E-state index contributed by atoms with van der Waals surface area (Å²) in [5.41, 5.74) is 1.40. The number of carbonyl (C=O) groups excluding carboxylic acids is 1. The standard InChI is InChI=1S/C23H28F2N2O2/c1-16(2)22(17-3-7-19(24)8-4-17)27-21(28)15-26-23(11-13-29-14-12-23)18-5-9-20(25)10-6-18/h3-10,16,22,26H,11-15H2,1-2H3,(H,27,28). The van der Waals surface area contributed by atoms with Crippen LogP contribution in [0.15, 0.2) is 48.5 Å². The molecule has 1 fully saturated rings. The summed E-state index contributed by atoms with van der Waals surface area (Å²) in [6, 6.07) is 12.4. The Morgan fingerprint density at radius 2 is 1.55 bits per heavy atom. The normalized spacial score (nSPS) is 17.1. The molecule has 29 heavy (non-hydrogen) atoms. The first kappa shape index (κ1) is 21.4. The van der Waals surface area contributed by atoms with Gasteiger partial charge in [0.05, 0.1) is 12.6 Å². The van der Waals surface area contributed by atoms with Gasteiger partial charge in [0, 0.05) is 18.8 Å².